The molecule has 5 rings (SSSR count). The first-order valence-corrected chi connectivity index (χ1v) is 13.1. The Morgan fingerprint density at radius 3 is 2.63 bits per heavy atom. The number of rotatable bonds is 5. The van der Waals surface area contributed by atoms with Gasteiger partial charge in [-0.3, -0.25) is 4.79 Å². The second kappa shape index (κ2) is 9.23. The number of oxime groups is 1. The van der Waals surface area contributed by atoms with Crippen LogP contribution in [0.1, 0.15) is 44.1 Å². The van der Waals surface area contributed by atoms with Gasteiger partial charge in [0.15, 0.2) is 0 Å². The second-order valence-electron chi connectivity index (χ2n) is 9.34. The first-order valence-electron chi connectivity index (χ1n) is 11.5. The van der Waals surface area contributed by atoms with E-state index in [1.807, 2.05) is 0 Å². The Bertz CT molecular complexity index is 1120. The molecule has 1 saturated carbocycles. The van der Waals surface area contributed by atoms with Crippen molar-refractivity contribution in [3.63, 3.8) is 0 Å². The van der Waals surface area contributed by atoms with Crippen LogP contribution in [-0.4, -0.2) is 35.6 Å². The molecule has 1 aliphatic carbocycles. The first kappa shape index (κ1) is 24.8. The van der Waals surface area contributed by atoms with Crippen LogP contribution in [0.3, 0.4) is 0 Å². The molecular formula is C24H24Cl2F3N3O2S. The SMILES string of the molecule is C=C(N[C@@H]1CCNC1=O)C1SC(C2=NOC(c3cc(Cl)cc(Cl)c3)(C(F)(F)F)C2)=C2CCCCC21. The van der Waals surface area contributed by atoms with Crippen LogP contribution in [0.2, 0.25) is 10.0 Å². The number of nitrogens with one attached hydrogen (secondary N) is 2. The molecule has 188 valence electrons. The molecule has 0 bridgehead atoms. The molecule has 1 aromatic carbocycles. The minimum atomic E-state index is -4.74. The van der Waals surface area contributed by atoms with Crippen molar-refractivity contribution in [2.45, 2.75) is 61.6 Å². The lowest BCUT2D eigenvalue weighted by molar-refractivity contribution is -0.275. The van der Waals surface area contributed by atoms with Gasteiger partial charge in [-0.2, -0.15) is 13.2 Å². The summed E-state index contributed by atoms with van der Waals surface area (Å²) >= 11 is 13.5. The van der Waals surface area contributed by atoms with Gasteiger partial charge in [-0.25, -0.2) is 0 Å². The fourth-order valence-corrected chi connectivity index (χ4v) is 7.46. The van der Waals surface area contributed by atoms with E-state index in [2.05, 4.69) is 22.4 Å². The lowest BCUT2D eigenvalue weighted by atomic mass is 9.80. The number of thioether (sulfide) groups is 1. The number of hydrogen-bond donors (Lipinski definition) is 2. The van der Waals surface area contributed by atoms with E-state index in [4.69, 9.17) is 28.0 Å². The molecular weight excluding hydrogens is 522 g/mol. The van der Waals surface area contributed by atoms with Crippen molar-refractivity contribution in [1.82, 2.24) is 10.6 Å². The van der Waals surface area contributed by atoms with Gasteiger partial charge in [-0.1, -0.05) is 46.9 Å². The zero-order chi connectivity index (χ0) is 25.0. The molecule has 3 aliphatic heterocycles. The minimum absolute atomic E-state index is 0.0603. The number of allylic oxidation sites excluding steroid dienone is 2. The van der Waals surface area contributed by atoms with Gasteiger partial charge in [0.25, 0.3) is 5.60 Å². The predicted octanol–water partition coefficient (Wildman–Crippen LogP) is 6.08. The number of fused-ring (bicyclic) bond motifs is 1. The predicted molar refractivity (Wildman–Crippen MR) is 131 cm³/mol. The van der Waals surface area contributed by atoms with E-state index in [0.29, 0.717) is 13.0 Å². The fraction of sp³-hybridized carbons (Fsp3) is 0.500. The number of halogens is 5. The van der Waals surface area contributed by atoms with Crippen molar-refractivity contribution in [3.8, 4) is 0 Å². The maximum Gasteiger partial charge on any atom is 0.435 e. The Morgan fingerprint density at radius 1 is 1.23 bits per heavy atom. The summed E-state index contributed by atoms with van der Waals surface area (Å²) in [6.07, 6.45) is -0.833. The Balaban J connectivity index is 1.43. The monoisotopic (exact) mass is 545 g/mol. The van der Waals surface area contributed by atoms with Crippen LogP contribution in [0, 0.1) is 5.92 Å². The van der Waals surface area contributed by atoms with E-state index in [1.165, 1.54) is 30.0 Å². The Kier molecular flexibility index (Phi) is 6.55. The highest BCUT2D eigenvalue weighted by molar-refractivity contribution is 8.05. The number of hydrogen-bond acceptors (Lipinski definition) is 5. The average Bonchev–Trinajstić information content (AvgIpc) is 3.50. The molecule has 0 spiro atoms. The third-order valence-corrected chi connectivity index (χ3v) is 9.13. The van der Waals surface area contributed by atoms with E-state index in [-0.39, 0.29) is 44.4 Å². The van der Waals surface area contributed by atoms with Crippen molar-refractivity contribution in [1.29, 1.82) is 0 Å². The Morgan fingerprint density at radius 2 is 1.97 bits per heavy atom. The zero-order valence-electron chi connectivity index (χ0n) is 18.7. The summed E-state index contributed by atoms with van der Waals surface area (Å²) in [6, 6.07) is 3.50. The third-order valence-electron chi connectivity index (χ3n) is 7.09. The molecule has 4 atom stereocenters. The van der Waals surface area contributed by atoms with Crippen molar-refractivity contribution in [3.05, 3.63) is 56.6 Å². The minimum Gasteiger partial charge on any atom is -0.377 e. The Hall–Kier alpha value is -1.84. The van der Waals surface area contributed by atoms with Crippen LogP contribution in [0.15, 0.2) is 46.1 Å². The lowest BCUT2D eigenvalue weighted by Crippen LogP contribution is -2.42. The van der Waals surface area contributed by atoms with Crippen molar-refractivity contribution >= 4 is 46.6 Å². The van der Waals surface area contributed by atoms with Crippen molar-refractivity contribution in [2.24, 2.45) is 11.1 Å². The highest BCUT2D eigenvalue weighted by Crippen LogP contribution is 2.55. The van der Waals surface area contributed by atoms with Gasteiger partial charge in [0.05, 0.1) is 17.4 Å². The maximum absolute atomic E-state index is 14.5. The van der Waals surface area contributed by atoms with Crippen LogP contribution in [0.5, 0.6) is 0 Å². The molecule has 5 nitrogen and oxygen atoms in total. The van der Waals surface area contributed by atoms with Gasteiger partial charge in [-0.15, -0.1) is 11.8 Å². The van der Waals surface area contributed by atoms with Crippen LogP contribution in [0.25, 0.3) is 0 Å². The summed E-state index contributed by atoms with van der Waals surface area (Å²) in [5.41, 5.74) is -0.733. The van der Waals surface area contributed by atoms with Crippen LogP contribution < -0.4 is 10.6 Å². The normalized spacial score (nSPS) is 30.6. The van der Waals surface area contributed by atoms with E-state index in [9.17, 15) is 18.0 Å². The third kappa shape index (κ3) is 4.44. The first-order chi connectivity index (χ1) is 16.6. The summed E-state index contributed by atoms with van der Waals surface area (Å²) in [5.74, 6) is 0.0762. The molecule has 35 heavy (non-hydrogen) atoms. The van der Waals surface area contributed by atoms with Gasteiger partial charge in [0.2, 0.25) is 5.91 Å². The molecule has 3 heterocycles. The number of carbonyl (C=O) groups excluding carboxylic acids is 1. The number of amides is 1. The quantitative estimate of drug-likeness (QED) is 0.470. The fourth-order valence-electron chi connectivity index (χ4n) is 5.36. The number of nitrogens with zero attached hydrogens (tertiary/aromatic N) is 1. The van der Waals surface area contributed by atoms with E-state index in [0.717, 1.165) is 41.9 Å². The molecule has 0 radical (unpaired) electrons. The summed E-state index contributed by atoms with van der Waals surface area (Å²) in [6.45, 7) is 4.81. The van der Waals surface area contributed by atoms with E-state index < -0.39 is 18.2 Å². The van der Waals surface area contributed by atoms with Gasteiger partial charge >= 0.3 is 6.18 Å². The summed E-state index contributed by atoms with van der Waals surface area (Å²) in [7, 11) is 0. The number of carbonyl (C=O) groups is 1. The average molecular weight is 546 g/mol. The molecule has 1 aromatic rings. The van der Waals surface area contributed by atoms with Gasteiger partial charge in [-0.05, 0) is 49.8 Å². The topological polar surface area (TPSA) is 62.7 Å². The highest BCUT2D eigenvalue weighted by Gasteiger charge is 2.63. The van der Waals surface area contributed by atoms with Gasteiger partial charge in [0, 0.05) is 32.8 Å². The maximum atomic E-state index is 14.5. The van der Waals surface area contributed by atoms with Crippen LogP contribution in [-0.2, 0) is 15.2 Å². The number of benzene rings is 1. The highest BCUT2D eigenvalue weighted by atomic mass is 35.5. The number of alkyl halides is 3. The molecule has 2 fully saturated rings. The standard InChI is InChI=1S/C24H24Cl2F3N3O2S/c1-12(31-18-6-7-30-22(18)33)20-16-4-2-3-5-17(16)21(35-20)19-11-23(34-32-19,24(27,28)29)13-8-14(25)10-15(26)9-13/h8-10,16,18,20,31H,1-7,11H2,(H,30,33)/t16?,18-,20?,23?/m1/s1. The molecule has 11 heteroatoms. The summed E-state index contributed by atoms with van der Waals surface area (Å²) in [5, 5.41) is 10.2. The summed E-state index contributed by atoms with van der Waals surface area (Å²) in [4.78, 5) is 18.0. The van der Waals surface area contributed by atoms with Crippen molar-refractivity contribution < 1.29 is 22.8 Å². The largest absolute Gasteiger partial charge is 0.435 e. The molecule has 1 saturated heterocycles. The van der Waals surface area contributed by atoms with E-state index >= 15 is 0 Å². The van der Waals surface area contributed by atoms with Crippen LogP contribution >= 0.6 is 35.0 Å². The van der Waals surface area contributed by atoms with E-state index in [1.54, 1.807) is 0 Å². The molecule has 0 aromatic heterocycles. The summed E-state index contributed by atoms with van der Waals surface area (Å²) < 4.78 is 43.4. The van der Waals surface area contributed by atoms with Crippen molar-refractivity contribution in [2.75, 3.05) is 6.54 Å². The molecule has 4 aliphatic rings. The molecule has 3 unspecified atom stereocenters. The smallest absolute Gasteiger partial charge is 0.377 e. The molecule has 1 amide bonds. The lowest BCUT2D eigenvalue weighted by Gasteiger charge is -2.29. The molecule has 2 N–H and O–H groups in total. The second-order valence-corrected chi connectivity index (χ2v) is 11.4. The Labute approximate surface area is 215 Å². The van der Waals surface area contributed by atoms with Crippen LogP contribution in [0.4, 0.5) is 13.2 Å². The van der Waals surface area contributed by atoms with Gasteiger partial charge < -0.3 is 15.5 Å². The zero-order valence-corrected chi connectivity index (χ0v) is 21.0. The van der Waals surface area contributed by atoms with Gasteiger partial charge in [0.1, 0.15) is 6.04 Å².